The number of carbonyl (C=O) groups is 1. The molecule has 18 heavy (non-hydrogen) atoms. The van der Waals surface area contributed by atoms with Crippen molar-refractivity contribution in [3.05, 3.63) is 33.8 Å². The molecule has 0 aliphatic rings. The van der Waals surface area contributed by atoms with Crippen LogP contribution >= 0.6 is 23.2 Å². The van der Waals surface area contributed by atoms with Crippen LogP contribution in [0.1, 0.15) is 26.3 Å². The number of urea groups is 1. The zero-order valence-electron chi connectivity index (χ0n) is 10.8. The van der Waals surface area contributed by atoms with Crippen molar-refractivity contribution in [2.45, 2.75) is 27.3 Å². The molecule has 0 bridgehead atoms. The number of rotatable bonds is 3. The van der Waals surface area contributed by atoms with Crippen LogP contribution in [-0.4, -0.2) is 12.6 Å². The van der Waals surface area contributed by atoms with E-state index in [9.17, 15) is 4.79 Å². The molecule has 0 saturated heterocycles. The first kappa shape index (κ1) is 15.1. The van der Waals surface area contributed by atoms with Gasteiger partial charge in [-0.05, 0) is 23.1 Å². The predicted molar refractivity (Wildman–Crippen MR) is 76.2 cm³/mol. The highest BCUT2D eigenvalue weighted by molar-refractivity contribution is 6.35. The maximum atomic E-state index is 11.5. The number of amides is 2. The van der Waals surface area contributed by atoms with E-state index in [0.29, 0.717) is 23.1 Å². The molecule has 1 aromatic rings. The third-order valence-corrected chi connectivity index (χ3v) is 2.82. The van der Waals surface area contributed by atoms with E-state index in [1.165, 1.54) is 0 Å². The summed E-state index contributed by atoms with van der Waals surface area (Å²) in [7, 11) is 0. The van der Waals surface area contributed by atoms with Crippen LogP contribution in [0.2, 0.25) is 10.0 Å². The van der Waals surface area contributed by atoms with Crippen molar-refractivity contribution in [3.63, 3.8) is 0 Å². The van der Waals surface area contributed by atoms with Gasteiger partial charge < -0.3 is 10.6 Å². The van der Waals surface area contributed by atoms with E-state index in [0.717, 1.165) is 5.56 Å². The van der Waals surface area contributed by atoms with Crippen molar-refractivity contribution >= 4 is 29.2 Å². The summed E-state index contributed by atoms with van der Waals surface area (Å²) in [6.45, 7) is 7.18. The molecule has 0 fully saturated rings. The summed E-state index contributed by atoms with van der Waals surface area (Å²) in [6, 6.07) is 5.01. The highest BCUT2D eigenvalue weighted by atomic mass is 35.5. The minimum absolute atomic E-state index is 0.0647. The highest BCUT2D eigenvalue weighted by Gasteiger charge is 2.11. The molecule has 0 aliphatic heterocycles. The topological polar surface area (TPSA) is 41.1 Å². The molecule has 2 N–H and O–H groups in total. The van der Waals surface area contributed by atoms with Crippen LogP contribution in [0.4, 0.5) is 4.79 Å². The van der Waals surface area contributed by atoms with E-state index >= 15 is 0 Å². The Morgan fingerprint density at radius 1 is 1.22 bits per heavy atom. The first-order chi connectivity index (χ1) is 8.28. The van der Waals surface area contributed by atoms with Crippen LogP contribution in [0, 0.1) is 5.41 Å². The first-order valence-electron chi connectivity index (χ1n) is 5.73. The van der Waals surface area contributed by atoms with Gasteiger partial charge in [-0.15, -0.1) is 0 Å². The zero-order chi connectivity index (χ0) is 13.8. The smallest absolute Gasteiger partial charge is 0.315 e. The lowest BCUT2D eigenvalue weighted by atomic mass is 9.97. The second-order valence-electron chi connectivity index (χ2n) is 5.33. The Balaban J connectivity index is 2.43. The van der Waals surface area contributed by atoms with Gasteiger partial charge in [0.05, 0.1) is 0 Å². The fourth-order valence-electron chi connectivity index (χ4n) is 1.25. The highest BCUT2D eigenvalue weighted by Crippen LogP contribution is 2.20. The van der Waals surface area contributed by atoms with Gasteiger partial charge in [0.1, 0.15) is 0 Å². The fraction of sp³-hybridized carbons (Fsp3) is 0.462. The SMILES string of the molecule is CC(C)(C)CNC(=O)NCc1ccc(Cl)cc1Cl. The zero-order valence-corrected chi connectivity index (χ0v) is 12.3. The lowest BCUT2D eigenvalue weighted by Gasteiger charge is -2.19. The molecule has 0 heterocycles. The van der Waals surface area contributed by atoms with Crippen molar-refractivity contribution in [1.29, 1.82) is 0 Å². The molecule has 100 valence electrons. The van der Waals surface area contributed by atoms with Gasteiger partial charge in [0, 0.05) is 23.1 Å². The third-order valence-electron chi connectivity index (χ3n) is 2.23. The van der Waals surface area contributed by atoms with E-state index in [1.807, 2.05) is 0 Å². The van der Waals surface area contributed by atoms with Crippen molar-refractivity contribution in [2.75, 3.05) is 6.54 Å². The average Bonchev–Trinajstić information content (AvgIpc) is 2.24. The summed E-state index contributed by atoms with van der Waals surface area (Å²) in [5.41, 5.74) is 0.905. The number of hydrogen-bond donors (Lipinski definition) is 2. The summed E-state index contributed by atoms with van der Waals surface area (Å²) in [6.07, 6.45) is 0. The Kier molecular flexibility index (Phi) is 5.29. The quantitative estimate of drug-likeness (QED) is 0.872. The molecule has 5 heteroatoms. The van der Waals surface area contributed by atoms with E-state index in [4.69, 9.17) is 23.2 Å². The van der Waals surface area contributed by atoms with Gasteiger partial charge in [-0.2, -0.15) is 0 Å². The summed E-state index contributed by atoms with van der Waals surface area (Å²) in [5, 5.41) is 6.70. The molecular formula is C13H18Cl2N2O. The van der Waals surface area contributed by atoms with Crippen molar-refractivity contribution < 1.29 is 4.79 Å². The van der Waals surface area contributed by atoms with Crippen molar-refractivity contribution in [2.24, 2.45) is 5.41 Å². The van der Waals surface area contributed by atoms with Crippen LogP contribution < -0.4 is 10.6 Å². The van der Waals surface area contributed by atoms with Gasteiger partial charge >= 0.3 is 6.03 Å². The minimum atomic E-state index is -0.198. The monoisotopic (exact) mass is 288 g/mol. The van der Waals surface area contributed by atoms with Gasteiger partial charge in [-0.1, -0.05) is 50.0 Å². The van der Waals surface area contributed by atoms with E-state index in [1.54, 1.807) is 18.2 Å². The predicted octanol–water partition coefficient (Wildman–Crippen LogP) is 3.84. The van der Waals surface area contributed by atoms with Crippen molar-refractivity contribution in [3.8, 4) is 0 Å². The number of nitrogens with one attached hydrogen (secondary N) is 2. The van der Waals surface area contributed by atoms with Crippen LogP contribution in [0.25, 0.3) is 0 Å². The maximum absolute atomic E-state index is 11.5. The number of halogens is 2. The molecule has 1 rings (SSSR count). The molecule has 3 nitrogen and oxygen atoms in total. The summed E-state index contributed by atoms with van der Waals surface area (Å²) < 4.78 is 0. The standard InChI is InChI=1S/C13H18Cl2N2O/c1-13(2,3)8-17-12(18)16-7-9-4-5-10(14)6-11(9)15/h4-6H,7-8H2,1-3H3,(H2,16,17,18). The lowest BCUT2D eigenvalue weighted by Crippen LogP contribution is -2.39. The molecule has 0 atom stereocenters. The number of carbonyl (C=O) groups excluding carboxylic acids is 1. The number of benzene rings is 1. The molecule has 0 saturated carbocycles. The summed E-state index contributed by atoms with van der Waals surface area (Å²) in [4.78, 5) is 11.5. The Labute approximate surface area is 118 Å². The van der Waals surface area contributed by atoms with E-state index < -0.39 is 0 Å². The van der Waals surface area contributed by atoms with Crippen LogP contribution in [0.5, 0.6) is 0 Å². The van der Waals surface area contributed by atoms with Gasteiger partial charge in [0.15, 0.2) is 0 Å². The Morgan fingerprint density at radius 2 is 1.89 bits per heavy atom. The number of hydrogen-bond acceptors (Lipinski definition) is 1. The minimum Gasteiger partial charge on any atom is -0.338 e. The second kappa shape index (κ2) is 6.30. The summed E-state index contributed by atoms with van der Waals surface area (Å²) in [5.74, 6) is 0. The fourth-order valence-corrected chi connectivity index (χ4v) is 1.72. The Bertz CT molecular complexity index is 427. The molecule has 0 aliphatic carbocycles. The molecule has 2 amide bonds. The van der Waals surface area contributed by atoms with E-state index in [2.05, 4.69) is 31.4 Å². The van der Waals surface area contributed by atoms with Crippen LogP contribution in [0.15, 0.2) is 18.2 Å². The second-order valence-corrected chi connectivity index (χ2v) is 6.18. The third kappa shape index (κ3) is 5.61. The largest absolute Gasteiger partial charge is 0.338 e. The van der Waals surface area contributed by atoms with E-state index in [-0.39, 0.29) is 11.4 Å². The van der Waals surface area contributed by atoms with Gasteiger partial charge in [-0.3, -0.25) is 0 Å². The lowest BCUT2D eigenvalue weighted by molar-refractivity contribution is 0.235. The first-order valence-corrected chi connectivity index (χ1v) is 6.49. The molecule has 0 spiro atoms. The molecule has 1 aromatic carbocycles. The maximum Gasteiger partial charge on any atom is 0.315 e. The summed E-state index contributed by atoms with van der Waals surface area (Å²) >= 11 is 11.8. The Morgan fingerprint density at radius 3 is 2.44 bits per heavy atom. The Hall–Kier alpha value is -0.930. The van der Waals surface area contributed by atoms with Crippen molar-refractivity contribution in [1.82, 2.24) is 10.6 Å². The molecule has 0 unspecified atom stereocenters. The van der Waals surface area contributed by atoms with Gasteiger partial charge in [0.2, 0.25) is 0 Å². The van der Waals surface area contributed by atoms with Crippen LogP contribution in [0.3, 0.4) is 0 Å². The molecule has 0 radical (unpaired) electrons. The molecular weight excluding hydrogens is 271 g/mol. The normalized spacial score (nSPS) is 11.2. The van der Waals surface area contributed by atoms with Crippen LogP contribution in [-0.2, 0) is 6.54 Å². The van der Waals surface area contributed by atoms with Gasteiger partial charge in [0.25, 0.3) is 0 Å². The van der Waals surface area contributed by atoms with Gasteiger partial charge in [-0.25, -0.2) is 4.79 Å². The average molecular weight is 289 g/mol. The molecule has 0 aromatic heterocycles.